The molecule has 17 nitrogen and oxygen atoms in total. The quantitative estimate of drug-likeness (QED) is 0.0222. The van der Waals surface area contributed by atoms with Crippen molar-refractivity contribution >= 4 is 39.5 Å². The number of phosphoric acid groups is 2. The number of esters is 4. The van der Waals surface area contributed by atoms with Crippen LogP contribution in [-0.4, -0.2) is 96.7 Å². The zero-order chi connectivity index (χ0) is 79.0. The summed E-state index contributed by atoms with van der Waals surface area (Å²) < 4.78 is 69.0. The monoisotopic (exact) mass is 1580 g/mol. The maximum absolute atomic E-state index is 13.2. The van der Waals surface area contributed by atoms with Gasteiger partial charge in [-0.15, -0.1) is 0 Å². The van der Waals surface area contributed by atoms with Gasteiger partial charge >= 0.3 is 39.5 Å². The van der Waals surface area contributed by atoms with E-state index >= 15 is 0 Å². The maximum Gasteiger partial charge on any atom is 0.472 e. The summed E-state index contributed by atoms with van der Waals surface area (Å²) in [6, 6.07) is 0. The minimum Gasteiger partial charge on any atom is -0.462 e. The molecule has 0 fully saturated rings. The molecule has 19 heteroatoms. The number of hydrogen-bond acceptors (Lipinski definition) is 15. The first-order valence-corrected chi connectivity index (χ1v) is 49.1. The number of carbonyl (C=O) groups excluding carboxylic acids is 4. The molecule has 0 amide bonds. The highest BCUT2D eigenvalue weighted by molar-refractivity contribution is 7.47. The Labute approximate surface area is 664 Å². The van der Waals surface area contributed by atoms with Gasteiger partial charge in [-0.3, -0.25) is 37.3 Å². The van der Waals surface area contributed by atoms with Gasteiger partial charge in [-0.2, -0.15) is 0 Å². The van der Waals surface area contributed by atoms with Gasteiger partial charge in [0.1, 0.15) is 19.3 Å². The van der Waals surface area contributed by atoms with Crippen molar-refractivity contribution in [3.63, 3.8) is 0 Å². The number of unbranched alkanes of at least 4 members (excludes halogenated alkanes) is 61. The second kappa shape index (κ2) is 81.6. The first-order valence-electron chi connectivity index (χ1n) is 46.1. The number of aliphatic hydroxyl groups excluding tert-OH is 1. The minimum absolute atomic E-state index is 0.109. The van der Waals surface area contributed by atoms with Crippen LogP contribution < -0.4 is 0 Å². The van der Waals surface area contributed by atoms with Crippen molar-refractivity contribution in [3.05, 3.63) is 0 Å². The van der Waals surface area contributed by atoms with Crippen LogP contribution in [0.2, 0.25) is 0 Å². The summed E-state index contributed by atoms with van der Waals surface area (Å²) in [5, 5.41) is 10.7. The first-order chi connectivity index (χ1) is 52.5. The SMILES string of the molecule is CCCCCCCCCCCCCCCCCCCCCCC(=O)O[C@H](COC(=O)CCCCCCCCCCCCCCCCCCCC)COP(=O)(O)OC[C@@H](O)COP(=O)(O)OC[C@@H](COC(=O)CCCCCCCCCCCC(C)C)OC(=O)CCCCCCCCCCCCCCCCCCCC. The maximum atomic E-state index is 13.2. The first kappa shape index (κ1) is 106. The third kappa shape index (κ3) is 82.1. The molecule has 0 aromatic carbocycles. The van der Waals surface area contributed by atoms with Crippen molar-refractivity contribution in [1.29, 1.82) is 0 Å². The van der Waals surface area contributed by atoms with Crippen LogP contribution in [0.15, 0.2) is 0 Å². The van der Waals surface area contributed by atoms with Gasteiger partial charge in [0, 0.05) is 25.7 Å². The van der Waals surface area contributed by atoms with E-state index in [1.165, 1.54) is 308 Å². The van der Waals surface area contributed by atoms with Crippen molar-refractivity contribution in [1.82, 2.24) is 0 Å². The lowest BCUT2D eigenvalue weighted by molar-refractivity contribution is -0.161. The Hall–Kier alpha value is -1.94. The number of hydrogen-bond donors (Lipinski definition) is 3. The normalized spacial score (nSPS) is 13.7. The lowest BCUT2D eigenvalue weighted by Crippen LogP contribution is -2.30. The number of carbonyl (C=O) groups is 4. The molecule has 642 valence electrons. The topological polar surface area (TPSA) is 237 Å². The summed E-state index contributed by atoms with van der Waals surface area (Å²) in [6.45, 7) is 7.37. The minimum atomic E-state index is -4.97. The molecule has 0 saturated heterocycles. The van der Waals surface area contributed by atoms with Crippen LogP contribution in [0.1, 0.15) is 484 Å². The molecule has 108 heavy (non-hydrogen) atoms. The van der Waals surface area contributed by atoms with Gasteiger partial charge in [-0.05, 0) is 31.6 Å². The standard InChI is InChI=1S/C89H174O17P2/c1-6-9-12-15-18-21-24-27-30-33-36-37-40-43-46-49-54-60-65-70-74-88(93)105-84(78-99-86(91)72-67-62-57-52-47-44-41-38-34-31-28-25-22-19-16-13-10-7-2)80-103-107(95,96)101-76-83(90)77-102-108(97,98)104-81-85(79-100-87(92)73-68-63-58-55-50-51-56-61-66-71-82(4)5)106-89(94)75-69-64-59-53-48-45-42-39-35-32-29-26-23-20-17-14-11-8-3/h82-85,90H,6-81H2,1-5H3,(H,95,96)(H,97,98)/t83-,84-,85-/m1/s1. The van der Waals surface area contributed by atoms with Crippen molar-refractivity contribution < 1.29 is 80.2 Å². The Morgan fingerprint density at radius 2 is 0.426 bits per heavy atom. The van der Waals surface area contributed by atoms with Gasteiger partial charge < -0.3 is 33.8 Å². The van der Waals surface area contributed by atoms with Gasteiger partial charge in [0.15, 0.2) is 12.2 Å². The van der Waals surface area contributed by atoms with Crippen LogP contribution in [0.3, 0.4) is 0 Å². The molecule has 0 radical (unpaired) electrons. The Morgan fingerprint density at radius 3 is 0.630 bits per heavy atom. The molecule has 5 atom stereocenters. The zero-order valence-corrected chi connectivity index (χ0v) is 72.8. The van der Waals surface area contributed by atoms with E-state index in [4.69, 9.17) is 37.0 Å². The van der Waals surface area contributed by atoms with E-state index in [2.05, 4.69) is 34.6 Å². The van der Waals surface area contributed by atoms with Gasteiger partial charge in [0.25, 0.3) is 0 Å². The van der Waals surface area contributed by atoms with Gasteiger partial charge in [-0.1, -0.05) is 433 Å². The van der Waals surface area contributed by atoms with Gasteiger partial charge in [-0.25, -0.2) is 9.13 Å². The molecule has 0 aromatic rings. The molecule has 0 aliphatic rings. The van der Waals surface area contributed by atoms with Crippen LogP contribution in [0.5, 0.6) is 0 Å². The fourth-order valence-corrected chi connectivity index (χ4v) is 15.6. The second-order valence-corrected chi connectivity index (χ2v) is 35.4. The fourth-order valence-electron chi connectivity index (χ4n) is 14.0. The average molecular weight is 1580 g/mol. The van der Waals surface area contributed by atoms with Crippen LogP contribution in [0.25, 0.3) is 0 Å². The number of phosphoric ester groups is 2. The van der Waals surface area contributed by atoms with Crippen LogP contribution in [-0.2, 0) is 65.4 Å². The third-order valence-corrected chi connectivity index (χ3v) is 22.9. The second-order valence-electron chi connectivity index (χ2n) is 32.5. The van der Waals surface area contributed by atoms with E-state index in [0.29, 0.717) is 25.7 Å². The zero-order valence-electron chi connectivity index (χ0n) is 71.0. The van der Waals surface area contributed by atoms with Crippen molar-refractivity contribution in [2.24, 2.45) is 5.92 Å². The fraction of sp³-hybridized carbons (Fsp3) is 0.955. The van der Waals surface area contributed by atoms with E-state index < -0.39 is 97.5 Å². The molecule has 0 aliphatic heterocycles. The molecule has 0 aliphatic carbocycles. The third-order valence-electron chi connectivity index (χ3n) is 21.0. The Bertz CT molecular complexity index is 2050. The molecule has 2 unspecified atom stereocenters. The summed E-state index contributed by atoms with van der Waals surface area (Å²) in [6.07, 6.45) is 76.4. The molecule has 0 rings (SSSR count). The van der Waals surface area contributed by atoms with Crippen molar-refractivity contribution in [2.75, 3.05) is 39.6 Å². The van der Waals surface area contributed by atoms with Crippen molar-refractivity contribution in [3.8, 4) is 0 Å². The van der Waals surface area contributed by atoms with E-state index in [-0.39, 0.29) is 25.7 Å². The van der Waals surface area contributed by atoms with Crippen LogP contribution in [0.4, 0.5) is 0 Å². The lowest BCUT2D eigenvalue weighted by atomic mass is 10.0. The average Bonchev–Trinajstić information content (AvgIpc) is 0.900. The van der Waals surface area contributed by atoms with Crippen LogP contribution in [0, 0.1) is 5.92 Å². The van der Waals surface area contributed by atoms with Gasteiger partial charge in [0.05, 0.1) is 26.4 Å². The smallest absolute Gasteiger partial charge is 0.462 e. The molecule has 0 bridgehead atoms. The number of rotatable bonds is 89. The predicted octanol–water partition coefficient (Wildman–Crippen LogP) is 27.5. The summed E-state index contributed by atoms with van der Waals surface area (Å²) in [7, 11) is -9.93. The predicted molar refractivity (Wildman–Crippen MR) is 446 cm³/mol. The lowest BCUT2D eigenvalue weighted by Gasteiger charge is -2.21. The Morgan fingerprint density at radius 1 is 0.250 bits per heavy atom. The van der Waals surface area contributed by atoms with E-state index in [1.807, 2.05) is 0 Å². The number of ether oxygens (including phenoxy) is 4. The summed E-state index contributed by atoms with van der Waals surface area (Å²) >= 11 is 0. The highest BCUT2D eigenvalue weighted by Gasteiger charge is 2.30. The molecular formula is C89H174O17P2. The largest absolute Gasteiger partial charge is 0.472 e. The molecule has 0 aromatic heterocycles. The molecule has 0 saturated carbocycles. The highest BCUT2D eigenvalue weighted by atomic mass is 31.2. The Kier molecular flexibility index (Phi) is 80.2. The Balaban J connectivity index is 5.25. The number of aliphatic hydroxyl groups is 1. The van der Waals surface area contributed by atoms with E-state index in [9.17, 15) is 43.2 Å². The molecule has 0 spiro atoms. The highest BCUT2D eigenvalue weighted by Crippen LogP contribution is 2.45. The van der Waals surface area contributed by atoms with E-state index in [1.54, 1.807) is 0 Å². The van der Waals surface area contributed by atoms with E-state index in [0.717, 1.165) is 95.8 Å². The van der Waals surface area contributed by atoms with Gasteiger partial charge in [0.2, 0.25) is 0 Å². The molecular weight excluding hydrogens is 1400 g/mol. The molecule has 0 heterocycles. The van der Waals surface area contributed by atoms with Crippen LogP contribution >= 0.6 is 15.6 Å². The molecule has 3 N–H and O–H groups in total. The summed E-state index contributed by atoms with van der Waals surface area (Å²) in [4.78, 5) is 73.4. The summed E-state index contributed by atoms with van der Waals surface area (Å²) in [5.74, 6) is -1.35. The van der Waals surface area contributed by atoms with Crippen molar-refractivity contribution in [2.45, 2.75) is 502 Å². The summed E-state index contributed by atoms with van der Waals surface area (Å²) in [5.41, 5.74) is 0.